The zero-order valence-corrected chi connectivity index (χ0v) is 24.2. The van der Waals surface area contributed by atoms with Crippen LogP contribution in [0.25, 0.3) is 5.69 Å². The Balaban J connectivity index is 1.30. The van der Waals surface area contributed by atoms with E-state index in [2.05, 4.69) is 69.3 Å². The predicted molar refractivity (Wildman–Crippen MR) is 170 cm³/mol. The first-order valence-electron chi connectivity index (χ1n) is 13.8. The first-order valence-corrected chi connectivity index (χ1v) is 14.2. The molecule has 1 aliphatic rings. The number of pyridine rings is 1. The van der Waals surface area contributed by atoms with Crippen molar-refractivity contribution in [3.05, 3.63) is 138 Å². The van der Waals surface area contributed by atoms with Crippen LogP contribution in [0.3, 0.4) is 0 Å². The molecule has 8 heteroatoms. The maximum absolute atomic E-state index is 12.5. The smallest absolute Gasteiger partial charge is 0.262 e. The van der Waals surface area contributed by atoms with Gasteiger partial charge in [0.2, 0.25) is 0 Å². The van der Waals surface area contributed by atoms with Crippen LogP contribution in [0.2, 0.25) is 0 Å². The summed E-state index contributed by atoms with van der Waals surface area (Å²) in [6.45, 7) is 4.21. The van der Waals surface area contributed by atoms with Crippen molar-refractivity contribution in [3.8, 4) is 11.4 Å². The summed E-state index contributed by atoms with van der Waals surface area (Å²) in [5.74, 6) is 0.421. The van der Waals surface area contributed by atoms with Gasteiger partial charge in [0.1, 0.15) is 5.75 Å². The molecule has 2 N–H and O–H groups in total. The highest BCUT2D eigenvalue weighted by Gasteiger charge is 2.42. The van der Waals surface area contributed by atoms with Crippen LogP contribution in [0.15, 0.2) is 115 Å². The van der Waals surface area contributed by atoms with Crippen molar-refractivity contribution in [1.29, 1.82) is 0 Å². The molecule has 2 atom stereocenters. The first kappa shape index (κ1) is 27.2. The summed E-state index contributed by atoms with van der Waals surface area (Å²) in [5.41, 5.74) is 7.07. The number of rotatable bonds is 8. The molecule has 0 bridgehead atoms. The monoisotopic (exact) mass is 573 g/mol. The zero-order valence-electron chi connectivity index (χ0n) is 23.4. The van der Waals surface area contributed by atoms with Crippen molar-refractivity contribution in [3.63, 3.8) is 0 Å². The molecule has 2 aromatic heterocycles. The van der Waals surface area contributed by atoms with Crippen LogP contribution in [-0.2, 0) is 4.79 Å². The van der Waals surface area contributed by atoms with Crippen LogP contribution in [0.5, 0.6) is 5.75 Å². The van der Waals surface area contributed by atoms with Gasteiger partial charge in [-0.05, 0) is 98.4 Å². The second-order valence-corrected chi connectivity index (χ2v) is 10.6. The lowest BCUT2D eigenvalue weighted by Gasteiger charge is -2.28. The lowest BCUT2D eigenvalue weighted by atomic mass is 9.96. The number of hydrogen-bond acceptors (Lipinski definition) is 4. The van der Waals surface area contributed by atoms with Gasteiger partial charge in [-0.2, -0.15) is 0 Å². The van der Waals surface area contributed by atoms with E-state index in [1.54, 1.807) is 0 Å². The highest BCUT2D eigenvalue weighted by atomic mass is 32.1. The van der Waals surface area contributed by atoms with Gasteiger partial charge in [0, 0.05) is 34.6 Å². The van der Waals surface area contributed by atoms with E-state index in [4.69, 9.17) is 17.0 Å². The normalized spacial score (nSPS) is 16.2. The molecule has 1 saturated heterocycles. The van der Waals surface area contributed by atoms with Gasteiger partial charge in [-0.3, -0.25) is 9.78 Å². The lowest BCUT2D eigenvalue weighted by Crippen LogP contribution is -2.29. The molecule has 1 amide bonds. The quantitative estimate of drug-likeness (QED) is 0.202. The summed E-state index contributed by atoms with van der Waals surface area (Å²) in [7, 11) is 0. The fourth-order valence-corrected chi connectivity index (χ4v) is 5.92. The predicted octanol–water partition coefficient (Wildman–Crippen LogP) is 6.68. The number of para-hydroxylation sites is 2. The number of benzene rings is 3. The summed E-state index contributed by atoms with van der Waals surface area (Å²) in [5, 5.41) is 7.07. The van der Waals surface area contributed by atoms with Gasteiger partial charge in [0.25, 0.3) is 5.91 Å². The average molecular weight is 574 g/mol. The minimum Gasteiger partial charge on any atom is -0.484 e. The summed E-state index contributed by atoms with van der Waals surface area (Å²) in [6, 6.07) is 35.3. The Hall–Kier alpha value is -4.95. The molecule has 5 aromatic rings. The molecule has 1 aliphatic heterocycles. The Kier molecular flexibility index (Phi) is 7.70. The van der Waals surface area contributed by atoms with Gasteiger partial charge in [0.15, 0.2) is 11.7 Å². The van der Waals surface area contributed by atoms with Crippen molar-refractivity contribution < 1.29 is 9.53 Å². The number of aryl methyl sites for hydroxylation is 1. The minimum absolute atomic E-state index is 0.0727. The molecular formula is C34H31N5O2S. The number of hydrogen-bond donors (Lipinski definition) is 2. The van der Waals surface area contributed by atoms with E-state index < -0.39 is 0 Å². The van der Waals surface area contributed by atoms with E-state index in [0.29, 0.717) is 16.5 Å². The van der Waals surface area contributed by atoms with Gasteiger partial charge < -0.3 is 24.8 Å². The van der Waals surface area contributed by atoms with Crippen molar-refractivity contribution in [2.24, 2.45) is 0 Å². The van der Waals surface area contributed by atoms with Crippen LogP contribution in [-0.4, -0.2) is 27.2 Å². The van der Waals surface area contributed by atoms with Crippen LogP contribution in [0.4, 0.5) is 11.4 Å². The third-order valence-corrected chi connectivity index (χ3v) is 7.76. The Morgan fingerprint density at radius 2 is 1.60 bits per heavy atom. The van der Waals surface area contributed by atoms with Crippen molar-refractivity contribution in [1.82, 2.24) is 14.9 Å². The lowest BCUT2D eigenvalue weighted by molar-refractivity contribution is -0.118. The van der Waals surface area contributed by atoms with Crippen LogP contribution in [0.1, 0.15) is 34.7 Å². The molecule has 7 nitrogen and oxygen atoms in total. The van der Waals surface area contributed by atoms with Crippen LogP contribution < -0.4 is 20.3 Å². The molecule has 42 heavy (non-hydrogen) atoms. The zero-order chi connectivity index (χ0) is 29.1. The van der Waals surface area contributed by atoms with E-state index in [1.807, 2.05) is 85.1 Å². The number of carbonyl (C=O) groups excluding carboxylic acids is 1. The van der Waals surface area contributed by atoms with Gasteiger partial charge in [-0.1, -0.05) is 42.5 Å². The van der Waals surface area contributed by atoms with Crippen molar-refractivity contribution in [2.75, 3.05) is 16.8 Å². The molecule has 0 spiro atoms. The molecule has 2 unspecified atom stereocenters. The van der Waals surface area contributed by atoms with Gasteiger partial charge >= 0.3 is 0 Å². The van der Waals surface area contributed by atoms with E-state index in [-0.39, 0.29) is 24.6 Å². The second-order valence-electron chi connectivity index (χ2n) is 10.2. The highest BCUT2D eigenvalue weighted by molar-refractivity contribution is 7.80. The highest BCUT2D eigenvalue weighted by Crippen LogP contribution is 2.43. The number of amides is 1. The van der Waals surface area contributed by atoms with Crippen LogP contribution in [0, 0.1) is 13.8 Å². The molecule has 6 rings (SSSR count). The van der Waals surface area contributed by atoms with E-state index >= 15 is 0 Å². The molecule has 0 radical (unpaired) electrons. The molecule has 210 valence electrons. The summed E-state index contributed by atoms with van der Waals surface area (Å²) < 4.78 is 7.86. The number of nitrogens with zero attached hydrogens (tertiary/aromatic N) is 3. The van der Waals surface area contributed by atoms with E-state index in [9.17, 15) is 4.79 Å². The van der Waals surface area contributed by atoms with Gasteiger partial charge in [-0.15, -0.1) is 0 Å². The number of anilines is 2. The number of ether oxygens (including phenoxy) is 1. The fraction of sp³-hybridized carbons (Fsp3) is 0.147. The van der Waals surface area contributed by atoms with Gasteiger partial charge in [0.05, 0.1) is 17.8 Å². The largest absolute Gasteiger partial charge is 0.484 e. The fourth-order valence-electron chi connectivity index (χ4n) is 5.58. The van der Waals surface area contributed by atoms with E-state index in [0.717, 1.165) is 34.0 Å². The molecular weight excluding hydrogens is 542 g/mol. The number of aromatic nitrogens is 2. The van der Waals surface area contributed by atoms with Gasteiger partial charge in [-0.25, -0.2) is 0 Å². The molecule has 1 fully saturated rings. The Morgan fingerprint density at radius 3 is 2.29 bits per heavy atom. The standard InChI is InChI=1S/C34H31N5O2S/c1-23-21-29(24(2)38(23)26-11-5-3-6-12-26)33-32(30-15-9-10-20-35-30)37-34(42)39(33)27-18-16-25(17-19-27)36-31(40)22-41-28-13-7-4-8-14-28/h3-21,32-33H,22H2,1-2H3,(H,36,40)(H,37,42). The molecule has 0 aliphatic carbocycles. The average Bonchev–Trinajstić information content (AvgIpc) is 3.52. The molecule has 3 heterocycles. The Labute approximate surface area is 250 Å². The SMILES string of the molecule is Cc1cc(C2C(c3ccccn3)NC(=S)N2c2ccc(NC(=O)COc3ccccc3)cc2)c(C)n1-c1ccccc1. The van der Waals surface area contributed by atoms with Crippen LogP contribution >= 0.6 is 12.2 Å². The van der Waals surface area contributed by atoms with Crippen molar-refractivity contribution >= 4 is 34.6 Å². The van der Waals surface area contributed by atoms with Crippen molar-refractivity contribution in [2.45, 2.75) is 25.9 Å². The number of thiocarbonyl (C=S) groups is 1. The Bertz CT molecular complexity index is 1690. The molecule has 3 aromatic carbocycles. The number of carbonyl (C=O) groups is 1. The minimum atomic E-state index is -0.230. The molecule has 0 saturated carbocycles. The Morgan fingerprint density at radius 1 is 0.905 bits per heavy atom. The maximum Gasteiger partial charge on any atom is 0.262 e. The summed E-state index contributed by atoms with van der Waals surface area (Å²) in [6.07, 6.45) is 1.81. The topological polar surface area (TPSA) is 71.4 Å². The summed E-state index contributed by atoms with van der Waals surface area (Å²) >= 11 is 5.93. The maximum atomic E-state index is 12.5. The third kappa shape index (κ3) is 5.49. The second kappa shape index (κ2) is 11.9. The summed E-state index contributed by atoms with van der Waals surface area (Å²) in [4.78, 5) is 19.4. The first-order chi connectivity index (χ1) is 20.5. The van der Waals surface area contributed by atoms with E-state index in [1.165, 1.54) is 0 Å². The third-order valence-electron chi connectivity index (χ3n) is 7.44. The number of nitrogens with one attached hydrogen (secondary N) is 2.